The minimum absolute atomic E-state index is 0.0628. The van der Waals surface area contributed by atoms with Gasteiger partial charge in [0.2, 0.25) is 4.80 Å². The Hall–Kier alpha value is -2.16. The van der Waals surface area contributed by atoms with Crippen LogP contribution >= 0.6 is 11.3 Å². The van der Waals surface area contributed by atoms with Crippen molar-refractivity contribution in [1.82, 2.24) is 4.57 Å². The first-order valence-electron chi connectivity index (χ1n) is 8.18. The van der Waals surface area contributed by atoms with E-state index in [-0.39, 0.29) is 17.8 Å². The Balaban J connectivity index is 3.29. The summed E-state index contributed by atoms with van der Waals surface area (Å²) in [6, 6.07) is 0. The third-order valence-corrected chi connectivity index (χ3v) is 3.44. The van der Waals surface area contributed by atoms with Gasteiger partial charge in [0.1, 0.15) is 11.2 Å². The Labute approximate surface area is 156 Å². The molecular formula is C17H26N2O6S. The van der Waals surface area contributed by atoms with Crippen LogP contribution < -0.4 is 4.80 Å². The molecule has 0 spiro atoms. The standard InChI is InChI=1S/C17H26N2O6S/c1-8-23-12(20)9-11-10-26-13(18-14(21)24-16(2,3)4)19(11)15(22)25-17(5,6)7/h10H,8-9H2,1-7H3/b18-13+. The first-order valence-corrected chi connectivity index (χ1v) is 9.06. The molecule has 0 fully saturated rings. The Morgan fingerprint density at radius 1 is 1.08 bits per heavy atom. The van der Waals surface area contributed by atoms with Gasteiger partial charge in [-0.05, 0) is 48.5 Å². The van der Waals surface area contributed by atoms with Gasteiger partial charge in [0.05, 0.1) is 18.7 Å². The molecule has 0 aliphatic heterocycles. The fraction of sp³-hybridized carbons (Fsp3) is 0.647. The number of esters is 1. The number of ether oxygens (including phenoxy) is 3. The van der Waals surface area contributed by atoms with Crippen LogP contribution in [0.4, 0.5) is 9.59 Å². The van der Waals surface area contributed by atoms with Crippen LogP contribution in [0.2, 0.25) is 0 Å². The third-order valence-electron chi connectivity index (χ3n) is 2.57. The summed E-state index contributed by atoms with van der Waals surface area (Å²) in [6.07, 6.45) is -1.72. The van der Waals surface area contributed by atoms with E-state index < -0.39 is 29.4 Å². The molecule has 0 aliphatic carbocycles. The number of aromatic nitrogens is 1. The van der Waals surface area contributed by atoms with Crippen LogP contribution in [0.3, 0.4) is 0 Å². The summed E-state index contributed by atoms with van der Waals surface area (Å²) in [7, 11) is 0. The Morgan fingerprint density at radius 2 is 1.65 bits per heavy atom. The van der Waals surface area contributed by atoms with Crippen LogP contribution in [0.1, 0.15) is 54.2 Å². The van der Waals surface area contributed by atoms with Gasteiger partial charge in [-0.15, -0.1) is 16.3 Å². The Bertz CT molecular complexity index is 734. The molecule has 0 atom stereocenters. The van der Waals surface area contributed by atoms with Crippen molar-refractivity contribution >= 4 is 29.5 Å². The highest BCUT2D eigenvalue weighted by Crippen LogP contribution is 2.13. The molecule has 26 heavy (non-hydrogen) atoms. The van der Waals surface area contributed by atoms with Gasteiger partial charge in [0.25, 0.3) is 0 Å². The molecule has 1 rings (SSSR count). The van der Waals surface area contributed by atoms with Crippen LogP contribution in [0, 0.1) is 0 Å². The smallest absolute Gasteiger partial charge is 0.436 e. The summed E-state index contributed by atoms with van der Waals surface area (Å²) in [5, 5.41) is 1.56. The number of hydrogen-bond acceptors (Lipinski definition) is 7. The lowest BCUT2D eigenvalue weighted by atomic mass is 10.2. The minimum Gasteiger partial charge on any atom is -0.466 e. The number of amides is 1. The molecule has 1 amide bonds. The first-order chi connectivity index (χ1) is 11.8. The minimum atomic E-state index is -0.834. The number of rotatable bonds is 3. The monoisotopic (exact) mass is 386 g/mol. The van der Waals surface area contributed by atoms with Crippen LogP contribution in [0.25, 0.3) is 0 Å². The fourth-order valence-electron chi connectivity index (χ4n) is 1.77. The molecule has 0 aliphatic rings. The van der Waals surface area contributed by atoms with Crippen molar-refractivity contribution < 1.29 is 28.6 Å². The predicted molar refractivity (Wildman–Crippen MR) is 96.1 cm³/mol. The number of carbonyl (C=O) groups excluding carboxylic acids is 3. The van der Waals surface area contributed by atoms with E-state index in [9.17, 15) is 14.4 Å². The van der Waals surface area contributed by atoms with E-state index in [2.05, 4.69) is 4.99 Å². The predicted octanol–water partition coefficient (Wildman–Crippen LogP) is 3.27. The molecule has 1 aromatic rings. The summed E-state index contributed by atoms with van der Waals surface area (Å²) in [4.78, 5) is 40.2. The third kappa shape index (κ3) is 7.38. The van der Waals surface area contributed by atoms with Crippen molar-refractivity contribution in [3.05, 3.63) is 15.9 Å². The topological polar surface area (TPSA) is 96.2 Å². The molecule has 0 unspecified atom stereocenters. The molecule has 0 N–H and O–H groups in total. The molecule has 0 bridgehead atoms. The van der Waals surface area contributed by atoms with Crippen LogP contribution in [-0.2, 0) is 25.4 Å². The SMILES string of the molecule is CCOC(=O)Cc1cs/c(=N/C(=O)OC(C)(C)C)n1C(=O)OC(C)(C)C. The molecule has 8 nitrogen and oxygen atoms in total. The van der Waals surface area contributed by atoms with Crippen molar-refractivity contribution in [2.75, 3.05) is 6.61 Å². The normalized spacial score (nSPS) is 12.7. The second-order valence-electron chi connectivity index (χ2n) is 7.40. The van der Waals surface area contributed by atoms with Gasteiger partial charge in [0.15, 0.2) is 0 Å². The molecule has 0 saturated carbocycles. The lowest BCUT2D eigenvalue weighted by molar-refractivity contribution is -0.142. The summed E-state index contributed by atoms with van der Waals surface area (Å²) in [6.45, 7) is 12.2. The zero-order valence-corrected chi connectivity index (χ0v) is 17.1. The van der Waals surface area contributed by atoms with E-state index in [1.165, 1.54) is 0 Å². The number of thiazole rings is 1. The van der Waals surface area contributed by atoms with E-state index in [4.69, 9.17) is 14.2 Å². The quantitative estimate of drug-likeness (QED) is 0.584. The molecule has 0 saturated heterocycles. The molecule has 9 heteroatoms. The Morgan fingerprint density at radius 3 is 2.15 bits per heavy atom. The molecule has 146 valence electrons. The van der Waals surface area contributed by atoms with Crippen LogP contribution in [0.5, 0.6) is 0 Å². The van der Waals surface area contributed by atoms with Gasteiger partial charge in [-0.2, -0.15) is 0 Å². The van der Waals surface area contributed by atoms with Gasteiger partial charge >= 0.3 is 18.2 Å². The molecule has 1 aromatic heterocycles. The zero-order chi connectivity index (χ0) is 20.1. The first kappa shape index (κ1) is 21.9. The molecular weight excluding hydrogens is 360 g/mol. The lowest BCUT2D eigenvalue weighted by Crippen LogP contribution is -2.34. The van der Waals surface area contributed by atoms with Crippen molar-refractivity contribution in [2.45, 2.75) is 66.1 Å². The van der Waals surface area contributed by atoms with E-state index in [1.54, 1.807) is 53.8 Å². The zero-order valence-electron chi connectivity index (χ0n) is 16.2. The molecule has 0 aromatic carbocycles. The number of carbonyl (C=O) groups is 3. The average Bonchev–Trinajstić information content (AvgIpc) is 2.77. The number of hydrogen-bond donors (Lipinski definition) is 0. The van der Waals surface area contributed by atoms with Crippen molar-refractivity contribution in [3.63, 3.8) is 0 Å². The Kier molecular flexibility index (Phi) is 7.14. The van der Waals surface area contributed by atoms with Gasteiger partial charge in [-0.25, -0.2) is 14.2 Å². The highest BCUT2D eigenvalue weighted by Gasteiger charge is 2.24. The van der Waals surface area contributed by atoms with Crippen molar-refractivity contribution in [2.24, 2.45) is 4.99 Å². The maximum atomic E-state index is 12.6. The van der Waals surface area contributed by atoms with E-state index in [0.717, 1.165) is 15.9 Å². The second-order valence-corrected chi connectivity index (χ2v) is 8.24. The highest BCUT2D eigenvalue weighted by atomic mass is 32.1. The van der Waals surface area contributed by atoms with Crippen molar-refractivity contribution in [3.8, 4) is 0 Å². The van der Waals surface area contributed by atoms with E-state index in [0.29, 0.717) is 5.69 Å². The largest absolute Gasteiger partial charge is 0.466 e. The van der Waals surface area contributed by atoms with E-state index in [1.807, 2.05) is 0 Å². The summed E-state index contributed by atoms with van der Waals surface area (Å²) in [5.41, 5.74) is -1.15. The average molecular weight is 386 g/mol. The van der Waals surface area contributed by atoms with Crippen LogP contribution in [-0.4, -0.2) is 40.5 Å². The maximum absolute atomic E-state index is 12.6. The fourth-order valence-corrected chi connectivity index (χ4v) is 2.63. The molecule has 1 heterocycles. The van der Waals surface area contributed by atoms with Crippen molar-refractivity contribution in [1.29, 1.82) is 0 Å². The number of nitrogens with zero attached hydrogens (tertiary/aromatic N) is 2. The summed E-state index contributed by atoms with van der Waals surface area (Å²) in [5.74, 6) is -0.494. The summed E-state index contributed by atoms with van der Waals surface area (Å²) >= 11 is 1.03. The van der Waals surface area contributed by atoms with Gasteiger partial charge in [-0.1, -0.05) is 0 Å². The highest BCUT2D eigenvalue weighted by molar-refractivity contribution is 7.07. The second kappa shape index (κ2) is 8.48. The molecule has 0 radical (unpaired) electrons. The van der Waals surface area contributed by atoms with E-state index >= 15 is 0 Å². The maximum Gasteiger partial charge on any atom is 0.436 e. The van der Waals surface area contributed by atoms with Gasteiger partial charge < -0.3 is 14.2 Å². The van der Waals surface area contributed by atoms with Gasteiger partial charge in [0, 0.05) is 5.38 Å². The van der Waals surface area contributed by atoms with Gasteiger partial charge in [-0.3, -0.25) is 4.79 Å². The lowest BCUT2D eigenvalue weighted by Gasteiger charge is -2.20. The summed E-state index contributed by atoms with van der Waals surface area (Å²) < 4.78 is 16.5. The van der Waals surface area contributed by atoms with Crippen LogP contribution in [0.15, 0.2) is 10.4 Å².